The molecule has 0 saturated carbocycles. The average Bonchev–Trinajstić information content (AvgIpc) is 2.72. The van der Waals surface area contributed by atoms with Crippen LogP contribution < -0.4 is 0 Å². The van der Waals surface area contributed by atoms with Crippen LogP contribution in [0.3, 0.4) is 0 Å². The lowest BCUT2D eigenvalue weighted by Crippen LogP contribution is -2.09. The maximum absolute atomic E-state index is 8.44. The Morgan fingerprint density at radius 1 is 1.29 bits per heavy atom. The number of hydrogen-bond acceptors (Lipinski definition) is 3. The Balaban J connectivity index is 0.000000241. The van der Waals surface area contributed by atoms with Gasteiger partial charge in [-0.2, -0.15) is 0 Å². The molecule has 1 aliphatic heterocycles. The molecule has 1 heterocycles. The second-order valence-electron chi connectivity index (χ2n) is 3.43. The molecule has 0 aromatic carbocycles. The Hall–Kier alpha value is -0.120. The number of hydrogen-bond donors (Lipinski definition) is 1. The molecule has 3 nitrogen and oxygen atoms in total. The SMILES string of the molecule is CCCOCCC.OCC1CCCO1. The van der Waals surface area contributed by atoms with Crippen LogP contribution in [0.4, 0.5) is 0 Å². The van der Waals surface area contributed by atoms with Gasteiger partial charge < -0.3 is 14.6 Å². The van der Waals surface area contributed by atoms with E-state index < -0.39 is 0 Å². The van der Waals surface area contributed by atoms with Gasteiger partial charge in [-0.05, 0) is 25.7 Å². The third-order valence-corrected chi connectivity index (χ3v) is 1.92. The summed E-state index contributed by atoms with van der Waals surface area (Å²) < 4.78 is 10.2. The first-order valence-corrected chi connectivity index (χ1v) is 5.65. The zero-order valence-corrected chi connectivity index (χ0v) is 9.50. The van der Waals surface area contributed by atoms with Gasteiger partial charge in [0.1, 0.15) is 0 Å². The monoisotopic (exact) mass is 204 g/mol. The summed E-state index contributed by atoms with van der Waals surface area (Å²) in [5.41, 5.74) is 0. The Kier molecular flexibility index (Phi) is 10.9. The summed E-state index contributed by atoms with van der Waals surface area (Å²) in [5, 5.41) is 8.44. The highest BCUT2D eigenvalue weighted by molar-refractivity contribution is 4.61. The minimum Gasteiger partial charge on any atom is -0.394 e. The van der Waals surface area contributed by atoms with Crippen molar-refractivity contribution in [2.45, 2.75) is 45.6 Å². The molecule has 86 valence electrons. The fourth-order valence-electron chi connectivity index (χ4n) is 1.18. The third-order valence-electron chi connectivity index (χ3n) is 1.92. The van der Waals surface area contributed by atoms with Crippen LogP contribution in [0.2, 0.25) is 0 Å². The van der Waals surface area contributed by atoms with E-state index in [1.54, 1.807) is 0 Å². The van der Waals surface area contributed by atoms with E-state index in [1.165, 1.54) is 0 Å². The molecule has 1 fully saturated rings. The normalized spacial score (nSPS) is 20.4. The third kappa shape index (κ3) is 8.48. The van der Waals surface area contributed by atoms with E-state index in [2.05, 4.69) is 13.8 Å². The summed E-state index contributed by atoms with van der Waals surface area (Å²) in [6.07, 6.45) is 4.59. The van der Waals surface area contributed by atoms with Gasteiger partial charge in [-0.1, -0.05) is 13.8 Å². The Morgan fingerprint density at radius 3 is 2.21 bits per heavy atom. The average molecular weight is 204 g/mol. The second kappa shape index (κ2) is 11.0. The van der Waals surface area contributed by atoms with Gasteiger partial charge in [-0.25, -0.2) is 0 Å². The van der Waals surface area contributed by atoms with E-state index in [4.69, 9.17) is 14.6 Å². The molecule has 1 saturated heterocycles. The van der Waals surface area contributed by atoms with E-state index in [9.17, 15) is 0 Å². The molecular weight excluding hydrogens is 180 g/mol. The summed E-state index contributed by atoms with van der Waals surface area (Å²) in [6, 6.07) is 0. The van der Waals surface area contributed by atoms with Gasteiger partial charge in [0, 0.05) is 19.8 Å². The predicted octanol–water partition coefficient (Wildman–Crippen LogP) is 1.98. The zero-order valence-electron chi connectivity index (χ0n) is 9.50. The van der Waals surface area contributed by atoms with Crippen molar-refractivity contribution in [1.82, 2.24) is 0 Å². The van der Waals surface area contributed by atoms with Gasteiger partial charge in [0.2, 0.25) is 0 Å². The molecule has 3 heteroatoms. The molecule has 1 atom stereocenters. The first-order valence-electron chi connectivity index (χ1n) is 5.65. The summed E-state index contributed by atoms with van der Waals surface area (Å²) in [4.78, 5) is 0. The summed E-state index contributed by atoms with van der Waals surface area (Å²) in [6.45, 7) is 7.12. The molecule has 0 aromatic heterocycles. The van der Waals surface area contributed by atoms with Crippen molar-refractivity contribution in [2.24, 2.45) is 0 Å². The lowest BCUT2D eigenvalue weighted by Gasteiger charge is -2.00. The molecule has 0 aliphatic carbocycles. The standard InChI is InChI=1S/C6H14O.C5H10O2/c1-3-5-7-6-4-2;6-4-5-2-1-3-7-5/h3-6H2,1-2H3;5-6H,1-4H2. The Bertz CT molecular complexity index is 96.7. The Labute approximate surface area is 87.4 Å². The number of aliphatic hydroxyl groups is 1. The summed E-state index contributed by atoms with van der Waals surface area (Å²) in [5.74, 6) is 0. The molecule has 0 bridgehead atoms. The Morgan fingerprint density at radius 2 is 1.93 bits per heavy atom. The van der Waals surface area contributed by atoms with Crippen LogP contribution >= 0.6 is 0 Å². The largest absolute Gasteiger partial charge is 0.394 e. The maximum atomic E-state index is 8.44. The highest BCUT2D eigenvalue weighted by atomic mass is 16.5. The van der Waals surface area contributed by atoms with Crippen LogP contribution in [0, 0.1) is 0 Å². The molecule has 14 heavy (non-hydrogen) atoms. The number of ether oxygens (including phenoxy) is 2. The first-order chi connectivity index (χ1) is 6.85. The van der Waals surface area contributed by atoms with Crippen LogP contribution in [0.1, 0.15) is 39.5 Å². The molecule has 1 unspecified atom stereocenters. The van der Waals surface area contributed by atoms with E-state index in [-0.39, 0.29) is 12.7 Å². The van der Waals surface area contributed by atoms with Gasteiger partial charge in [0.05, 0.1) is 12.7 Å². The molecule has 1 rings (SSSR count). The fourth-order valence-corrected chi connectivity index (χ4v) is 1.18. The van der Waals surface area contributed by atoms with Crippen molar-refractivity contribution in [3.8, 4) is 0 Å². The molecule has 0 amide bonds. The van der Waals surface area contributed by atoms with Gasteiger partial charge >= 0.3 is 0 Å². The van der Waals surface area contributed by atoms with Gasteiger partial charge in [-0.15, -0.1) is 0 Å². The maximum Gasteiger partial charge on any atom is 0.0806 e. The number of aliphatic hydroxyl groups excluding tert-OH is 1. The highest BCUT2D eigenvalue weighted by Crippen LogP contribution is 2.09. The zero-order chi connectivity index (χ0) is 10.6. The highest BCUT2D eigenvalue weighted by Gasteiger charge is 2.12. The van der Waals surface area contributed by atoms with Gasteiger partial charge in [-0.3, -0.25) is 0 Å². The lowest BCUT2D eigenvalue weighted by atomic mass is 10.2. The molecule has 1 N–H and O–H groups in total. The number of rotatable bonds is 5. The van der Waals surface area contributed by atoms with Crippen molar-refractivity contribution in [3.63, 3.8) is 0 Å². The van der Waals surface area contributed by atoms with Crippen molar-refractivity contribution in [2.75, 3.05) is 26.4 Å². The van der Waals surface area contributed by atoms with Crippen molar-refractivity contribution >= 4 is 0 Å². The molecule has 0 aromatic rings. The summed E-state index contributed by atoms with van der Waals surface area (Å²) >= 11 is 0. The fraction of sp³-hybridized carbons (Fsp3) is 1.00. The van der Waals surface area contributed by atoms with Crippen molar-refractivity contribution < 1.29 is 14.6 Å². The van der Waals surface area contributed by atoms with Crippen LogP contribution in [0.25, 0.3) is 0 Å². The smallest absolute Gasteiger partial charge is 0.0806 e. The van der Waals surface area contributed by atoms with Crippen molar-refractivity contribution in [3.05, 3.63) is 0 Å². The molecule has 0 spiro atoms. The van der Waals surface area contributed by atoms with E-state index in [0.29, 0.717) is 0 Å². The quantitative estimate of drug-likeness (QED) is 0.696. The van der Waals surface area contributed by atoms with Crippen LogP contribution in [-0.4, -0.2) is 37.6 Å². The minimum atomic E-state index is 0.153. The first kappa shape index (κ1) is 13.9. The predicted molar refractivity (Wildman–Crippen MR) is 57.5 cm³/mol. The minimum absolute atomic E-state index is 0.153. The van der Waals surface area contributed by atoms with Crippen LogP contribution in [0.15, 0.2) is 0 Å². The van der Waals surface area contributed by atoms with Crippen LogP contribution in [-0.2, 0) is 9.47 Å². The van der Waals surface area contributed by atoms with Gasteiger partial charge in [0.15, 0.2) is 0 Å². The van der Waals surface area contributed by atoms with Gasteiger partial charge in [0.25, 0.3) is 0 Å². The molecule has 0 radical (unpaired) electrons. The summed E-state index contributed by atoms with van der Waals surface area (Å²) in [7, 11) is 0. The lowest BCUT2D eigenvalue weighted by molar-refractivity contribution is 0.0591. The molecular formula is C11H24O3. The molecule has 1 aliphatic rings. The van der Waals surface area contributed by atoms with E-state index in [0.717, 1.165) is 45.5 Å². The van der Waals surface area contributed by atoms with Crippen molar-refractivity contribution in [1.29, 1.82) is 0 Å². The topological polar surface area (TPSA) is 38.7 Å². The van der Waals surface area contributed by atoms with E-state index in [1.807, 2.05) is 0 Å². The second-order valence-corrected chi connectivity index (χ2v) is 3.43. The van der Waals surface area contributed by atoms with E-state index >= 15 is 0 Å². The van der Waals surface area contributed by atoms with Crippen LogP contribution in [0.5, 0.6) is 0 Å².